The van der Waals surface area contributed by atoms with Crippen LogP contribution in [0.2, 0.25) is 0 Å². The molecule has 0 atom stereocenters. The molecule has 0 saturated carbocycles. The van der Waals surface area contributed by atoms with Crippen LogP contribution in [-0.4, -0.2) is 23.3 Å². The van der Waals surface area contributed by atoms with Gasteiger partial charge in [-0.3, -0.25) is 14.4 Å². The van der Waals surface area contributed by atoms with Crippen molar-refractivity contribution in [3.05, 3.63) is 29.8 Å². The van der Waals surface area contributed by atoms with Gasteiger partial charge in [-0.1, -0.05) is 12.1 Å². The first-order valence-corrected chi connectivity index (χ1v) is 7.76. The molecule has 0 unspecified atom stereocenters. The molecular weight excluding hydrogens is 294 g/mol. The third-order valence-corrected chi connectivity index (χ3v) is 3.31. The lowest BCUT2D eigenvalue weighted by molar-refractivity contribution is -0.126. The van der Waals surface area contributed by atoms with E-state index in [-0.39, 0.29) is 29.7 Å². The number of rotatable bonds is 10. The van der Waals surface area contributed by atoms with Gasteiger partial charge < -0.3 is 10.1 Å². The Kier molecular flexibility index (Phi) is 7.88. The van der Waals surface area contributed by atoms with Gasteiger partial charge in [0.2, 0.25) is 5.91 Å². The molecule has 0 aliphatic rings. The number of amides is 1. The zero-order valence-corrected chi connectivity index (χ0v) is 13.7. The Labute approximate surface area is 136 Å². The Morgan fingerprint density at radius 3 is 2.09 bits per heavy atom. The minimum absolute atomic E-state index is 0.00555. The molecule has 5 nitrogen and oxygen atoms in total. The average Bonchev–Trinajstić information content (AvgIpc) is 2.45. The van der Waals surface area contributed by atoms with Crippen LogP contribution in [0.1, 0.15) is 51.5 Å². The van der Waals surface area contributed by atoms with Gasteiger partial charge in [-0.15, -0.1) is 0 Å². The van der Waals surface area contributed by atoms with E-state index in [1.807, 2.05) is 12.1 Å². The Balaban J connectivity index is 2.38. The zero-order chi connectivity index (χ0) is 17.2. The summed E-state index contributed by atoms with van der Waals surface area (Å²) in [6, 6.07) is 7.28. The molecule has 0 spiro atoms. The van der Waals surface area contributed by atoms with E-state index in [0.717, 1.165) is 5.56 Å². The lowest BCUT2D eigenvalue weighted by Crippen LogP contribution is -2.11. The number of benzene rings is 1. The summed E-state index contributed by atoms with van der Waals surface area (Å²) in [6.07, 6.45) is 2.21. The van der Waals surface area contributed by atoms with E-state index in [2.05, 4.69) is 5.32 Å². The minimum atomic E-state index is -0.115. The van der Waals surface area contributed by atoms with Crippen molar-refractivity contribution in [3.63, 3.8) is 0 Å². The van der Waals surface area contributed by atoms with Crippen LogP contribution in [0.3, 0.4) is 0 Å². The summed E-state index contributed by atoms with van der Waals surface area (Å²) in [5.74, 6) is -0.199. The number of hydrogen-bond acceptors (Lipinski definition) is 4. The zero-order valence-electron chi connectivity index (χ0n) is 13.7. The third kappa shape index (κ3) is 8.66. The fourth-order valence-electron chi connectivity index (χ4n) is 2.13. The van der Waals surface area contributed by atoms with Gasteiger partial charge in [0.05, 0.1) is 6.42 Å². The molecule has 1 aromatic rings. The van der Waals surface area contributed by atoms with Gasteiger partial charge >= 0.3 is 0 Å². The van der Waals surface area contributed by atoms with Crippen molar-refractivity contribution < 1.29 is 19.2 Å². The van der Waals surface area contributed by atoms with E-state index in [1.54, 1.807) is 12.1 Å². The van der Waals surface area contributed by atoms with Gasteiger partial charge in [0.1, 0.15) is 17.3 Å². The van der Waals surface area contributed by atoms with E-state index in [4.69, 9.17) is 0 Å². The molecule has 0 radical (unpaired) electrons. The molecule has 0 aliphatic carbocycles. The monoisotopic (exact) mass is 317 g/mol. The van der Waals surface area contributed by atoms with Crippen LogP contribution in [0.5, 0.6) is 0 Å². The summed E-state index contributed by atoms with van der Waals surface area (Å²) in [5, 5.41) is 2.77. The van der Waals surface area contributed by atoms with Gasteiger partial charge in [-0.05, 0) is 44.4 Å². The Hall–Kier alpha value is -2.30. The maximum absolute atomic E-state index is 11.7. The molecule has 1 aromatic carbocycles. The number of ketones is 3. The molecule has 0 saturated heterocycles. The molecule has 0 aliphatic heterocycles. The van der Waals surface area contributed by atoms with Gasteiger partial charge in [0.25, 0.3) is 0 Å². The number of anilines is 1. The molecule has 0 bridgehead atoms. The normalized spacial score (nSPS) is 10.2. The second kappa shape index (κ2) is 9.66. The van der Waals surface area contributed by atoms with Crippen LogP contribution in [0, 0.1) is 0 Å². The first-order valence-electron chi connectivity index (χ1n) is 7.76. The number of nitrogens with one attached hydrogen (secondary N) is 1. The molecule has 0 heterocycles. The highest BCUT2D eigenvalue weighted by Crippen LogP contribution is 2.12. The van der Waals surface area contributed by atoms with Crippen LogP contribution < -0.4 is 5.32 Å². The molecule has 1 rings (SSSR count). The van der Waals surface area contributed by atoms with Gasteiger partial charge in [0.15, 0.2) is 0 Å². The molecule has 124 valence electrons. The standard InChI is InChI=1S/C18H23NO4/c1-13(20)4-3-5-18(23)19-16-9-6-15(7-10-16)8-11-17(22)12-14(2)21/h6-7,9-10H,3-5,8,11-12H2,1-2H3,(H,19,23). The summed E-state index contributed by atoms with van der Waals surface area (Å²) in [7, 11) is 0. The van der Waals surface area contributed by atoms with Crippen molar-refractivity contribution in [2.75, 3.05) is 5.32 Å². The lowest BCUT2D eigenvalue weighted by Gasteiger charge is -2.06. The molecular formula is C18H23NO4. The van der Waals surface area contributed by atoms with Gasteiger partial charge in [-0.25, -0.2) is 0 Å². The molecule has 5 heteroatoms. The topological polar surface area (TPSA) is 80.3 Å². The fourth-order valence-corrected chi connectivity index (χ4v) is 2.13. The average molecular weight is 317 g/mol. The minimum Gasteiger partial charge on any atom is -0.326 e. The summed E-state index contributed by atoms with van der Waals surface area (Å²) >= 11 is 0. The molecule has 0 fully saturated rings. The first-order chi connectivity index (χ1) is 10.9. The summed E-state index contributed by atoms with van der Waals surface area (Å²) in [5.41, 5.74) is 1.67. The Bertz CT molecular complexity index is 575. The second-order valence-electron chi connectivity index (χ2n) is 5.72. The second-order valence-corrected chi connectivity index (χ2v) is 5.72. The number of carbonyl (C=O) groups is 4. The van der Waals surface area contributed by atoms with Crippen molar-refractivity contribution in [2.24, 2.45) is 0 Å². The summed E-state index contributed by atoms with van der Waals surface area (Å²) in [4.78, 5) is 44.8. The number of carbonyl (C=O) groups excluding carboxylic acids is 4. The van der Waals surface area contributed by atoms with Crippen molar-refractivity contribution in [2.45, 2.75) is 52.4 Å². The number of Topliss-reactive ketones (excluding diaryl/α,β-unsaturated/α-hetero) is 3. The van der Waals surface area contributed by atoms with Crippen molar-refractivity contribution in [3.8, 4) is 0 Å². The van der Waals surface area contributed by atoms with Gasteiger partial charge in [-0.2, -0.15) is 0 Å². The van der Waals surface area contributed by atoms with E-state index in [1.165, 1.54) is 13.8 Å². The largest absolute Gasteiger partial charge is 0.326 e. The van der Waals surface area contributed by atoms with Gasteiger partial charge in [0, 0.05) is 24.9 Å². The Morgan fingerprint density at radius 1 is 0.870 bits per heavy atom. The van der Waals surface area contributed by atoms with E-state index in [0.29, 0.717) is 37.8 Å². The predicted molar refractivity (Wildman–Crippen MR) is 88.2 cm³/mol. The molecule has 1 N–H and O–H groups in total. The predicted octanol–water partition coefficient (Wildman–Crippen LogP) is 2.87. The smallest absolute Gasteiger partial charge is 0.224 e. The lowest BCUT2D eigenvalue weighted by atomic mass is 10.0. The summed E-state index contributed by atoms with van der Waals surface area (Å²) in [6.45, 7) is 2.92. The van der Waals surface area contributed by atoms with E-state index >= 15 is 0 Å². The highest BCUT2D eigenvalue weighted by Gasteiger charge is 2.07. The van der Waals surface area contributed by atoms with Crippen molar-refractivity contribution in [1.29, 1.82) is 0 Å². The van der Waals surface area contributed by atoms with E-state index < -0.39 is 0 Å². The molecule has 23 heavy (non-hydrogen) atoms. The maximum Gasteiger partial charge on any atom is 0.224 e. The van der Waals surface area contributed by atoms with Crippen LogP contribution in [0.25, 0.3) is 0 Å². The first kappa shape index (κ1) is 18.7. The van der Waals surface area contributed by atoms with Crippen molar-refractivity contribution >= 4 is 28.9 Å². The highest BCUT2D eigenvalue weighted by molar-refractivity contribution is 5.98. The molecule has 0 aromatic heterocycles. The van der Waals surface area contributed by atoms with Crippen LogP contribution in [0.15, 0.2) is 24.3 Å². The number of hydrogen-bond donors (Lipinski definition) is 1. The number of aryl methyl sites for hydroxylation is 1. The Morgan fingerprint density at radius 2 is 1.52 bits per heavy atom. The van der Waals surface area contributed by atoms with E-state index in [9.17, 15) is 19.2 Å². The summed E-state index contributed by atoms with van der Waals surface area (Å²) < 4.78 is 0. The third-order valence-electron chi connectivity index (χ3n) is 3.31. The van der Waals surface area contributed by atoms with Crippen LogP contribution in [-0.2, 0) is 25.6 Å². The SMILES string of the molecule is CC(=O)CCCC(=O)Nc1ccc(CCC(=O)CC(C)=O)cc1. The quantitative estimate of drug-likeness (QED) is 0.673. The highest BCUT2D eigenvalue weighted by atomic mass is 16.2. The van der Waals surface area contributed by atoms with Crippen molar-refractivity contribution in [1.82, 2.24) is 0 Å². The molecule has 1 amide bonds. The maximum atomic E-state index is 11.7. The van der Waals surface area contributed by atoms with Crippen LogP contribution in [0.4, 0.5) is 5.69 Å². The van der Waals surface area contributed by atoms with Crippen LogP contribution >= 0.6 is 0 Å². The fraction of sp³-hybridized carbons (Fsp3) is 0.444.